The monoisotopic (exact) mass is 662 g/mol. The lowest BCUT2D eigenvalue weighted by molar-refractivity contribution is -0.384. The van der Waals surface area contributed by atoms with Crippen LogP contribution in [0.15, 0.2) is 97.1 Å². The molecule has 11 heteroatoms. The first-order valence-electron chi connectivity index (χ1n) is 16.6. The first kappa shape index (κ1) is 32.6. The van der Waals surface area contributed by atoms with Crippen molar-refractivity contribution >= 4 is 23.2 Å². The molecule has 3 heterocycles. The molecule has 4 atom stereocenters. The molecule has 2 amide bonds. The van der Waals surface area contributed by atoms with E-state index >= 15 is 0 Å². The first-order chi connectivity index (χ1) is 23.8. The van der Waals surface area contributed by atoms with Crippen molar-refractivity contribution in [1.29, 1.82) is 0 Å². The molecule has 2 fully saturated rings. The SMILES string of the molecule is CC1C(CN2CCN(c3ccc([N+](=O)[O-])cc3)CC2)OC(c2ccc(CN3C(=O)c4ccccc4C3=O)cc2)OC1c1ccc(CO)cc1. The van der Waals surface area contributed by atoms with Crippen LogP contribution in [-0.4, -0.2) is 70.5 Å². The third kappa shape index (κ3) is 6.70. The van der Waals surface area contributed by atoms with Crippen LogP contribution in [0.1, 0.15) is 62.3 Å². The van der Waals surface area contributed by atoms with Crippen LogP contribution in [0.2, 0.25) is 0 Å². The third-order valence-electron chi connectivity index (χ3n) is 9.83. The van der Waals surface area contributed by atoms with Crippen molar-refractivity contribution < 1.29 is 29.1 Å². The van der Waals surface area contributed by atoms with Gasteiger partial charge in [0.1, 0.15) is 0 Å². The fourth-order valence-corrected chi connectivity index (χ4v) is 6.90. The molecular weight excluding hydrogens is 624 g/mol. The van der Waals surface area contributed by atoms with E-state index in [1.165, 1.54) is 4.90 Å². The molecule has 3 aliphatic rings. The Labute approximate surface area is 284 Å². The van der Waals surface area contributed by atoms with Crippen LogP contribution in [0.3, 0.4) is 0 Å². The molecule has 0 bridgehead atoms. The van der Waals surface area contributed by atoms with E-state index in [0.717, 1.165) is 54.1 Å². The number of aliphatic hydroxyl groups excluding tert-OH is 1. The predicted molar refractivity (Wildman–Crippen MR) is 182 cm³/mol. The Hall–Kier alpha value is -4.94. The van der Waals surface area contributed by atoms with Crippen LogP contribution in [0.25, 0.3) is 0 Å². The number of nitro benzene ring substituents is 1. The summed E-state index contributed by atoms with van der Waals surface area (Å²) < 4.78 is 13.3. The van der Waals surface area contributed by atoms with Crippen molar-refractivity contribution in [2.75, 3.05) is 37.6 Å². The lowest BCUT2D eigenvalue weighted by Crippen LogP contribution is -2.51. The number of non-ortho nitro benzene ring substituents is 1. The molecule has 0 aromatic heterocycles. The molecule has 2 saturated heterocycles. The fourth-order valence-electron chi connectivity index (χ4n) is 6.90. The van der Waals surface area contributed by atoms with Gasteiger partial charge in [0, 0.05) is 62.0 Å². The fraction of sp³-hybridized carbons (Fsp3) is 0.316. The molecule has 7 rings (SSSR count). The number of anilines is 1. The van der Waals surface area contributed by atoms with E-state index in [4.69, 9.17) is 9.47 Å². The molecule has 4 aromatic carbocycles. The van der Waals surface area contributed by atoms with Crippen molar-refractivity contribution in [1.82, 2.24) is 9.80 Å². The lowest BCUT2D eigenvalue weighted by atomic mass is 9.90. The van der Waals surface area contributed by atoms with Crippen LogP contribution in [0.4, 0.5) is 11.4 Å². The molecule has 0 saturated carbocycles. The summed E-state index contributed by atoms with van der Waals surface area (Å²) in [5.41, 5.74) is 5.41. The second kappa shape index (κ2) is 13.9. The maximum Gasteiger partial charge on any atom is 0.269 e. The summed E-state index contributed by atoms with van der Waals surface area (Å²) in [4.78, 5) is 42.4. The summed E-state index contributed by atoms with van der Waals surface area (Å²) in [5, 5.41) is 20.7. The van der Waals surface area contributed by atoms with E-state index in [0.29, 0.717) is 17.7 Å². The Bertz CT molecular complexity index is 1790. The van der Waals surface area contributed by atoms with Crippen LogP contribution in [0.5, 0.6) is 0 Å². The zero-order valence-electron chi connectivity index (χ0n) is 27.2. The van der Waals surface area contributed by atoms with Crippen LogP contribution < -0.4 is 4.90 Å². The summed E-state index contributed by atoms with van der Waals surface area (Å²) in [5.74, 6) is -0.551. The van der Waals surface area contributed by atoms with E-state index in [2.05, 4.69) is 16.7 Å². The highest BCUT2D eigenvalue weighted by atomic mass is 16.7. The highest BCUT2D eigenvalue weighted by Crippen LogP contribution is 2.42. The van der Waals surface area contributed by atoms with Gasteiger partial charge in [0.05, 0.1) is 41.4 Å². The average molecular weight is 663 g/mol. The molecule has 4 aromatic rings. The number of imide groups is 1. The number of benzene rings is 4. The second-order valence-corrected chi connectivity index (χ2v) is 12.9. The van der Waals surface area contributed by atoms with Gasteiger partial charge >= 0.3 is 0 Å². The number of carbonyl (C=O) groups excluding carboxylic acids is 2. The van der Waals surface area contributed by atoms with Crippen molar-refractivity contribution in [3.63, 3.8) is 0 Å². The van der Waals surface area contributed by atoms with Gasteiger partial charge in [-0.25, -0.2) is 0 Å². The largest absolute Gasteiger partial charge is 0.392 e. The molecule has 49 heavy (non-hydrogen) atoms. The van der Waals surface area contributed by atoms with Gasteiger partial charge in [-0.15, -0.1) is 0 Å². The zero-order valence-corrected chi connectivity index (χ0v) is 27.2. The Morgan fingerprint density at radius 3 is 1.96 bits per heavy atom. The summed E-state index contributed by atoms with van der Waals surface area (Å²) in [6.07, 6.45) is -1.04. The van der Waals surface area contributed by atoms with Gasteiger partial charge in [0.2, 0.25) is 0 Å². The van der Waals surface area contributed by atoms with Gasteiger partial charge < -0.3 is 19.5 Å². The van der Waals surface area contributed by atoms with E-state index in [9.17, 15) is 24.8 Å². The van der Waals surface area contributed by atoms with Crippen molar-refractivity contribution in [3.05, 3.63) is 141 Å². The maximum atomic E-state index is 12.9. The Balaban J connectivity index is 1.05. The molecular formula is C38H38N4O7. The number of rotatable bonds is 9. The van der Waals surface area contributed by atoms with E-state index < -0.39 is 6.29 Å². The normalized spacial score (nSPS) is 22.7. The molecule has 3 aliphatic heterocycles. The quantitative estimate of drug-likeness (QED) is 0.141. The Morgan fingerprint density at radius 1 is 0.776 bits per heavy atom. The van der Waals surface area contributed by atoms with Gasteiger partial charge in [-0.2, -0.15) is 0 Å². The maximum absolute atomic E-state index is 12.9. The number of hydrogen-bond donors (Lipinski definition) is 1. The number of ether oxygens (including phenoxy) is 2. The smallest absolute Gasteiger partial charge is 0.269 e. The number of aliphatic hydroxyl groups is 1. The molecule has 1 N–H and O–H groups in total. The lowest BCUT2D eigenvalue weighted by Gasteiger charge is -2.44. The van der Waals surface area contributed by atoms with Crippen molar-refractivity contribution in [2.45, 2.75) is 38.6 Å². The number of hydrogen-bond acceptors (Lipinski definition) is 9. The van der Waals surface area contributed by atoms with Gasteiger partial charge in [0.15, 0.2) is 6.29 Å². The number of fused-ring (bicyclic) bond motifs is 1. The van der Waals surface area contributed by atoms with Crippen LogP contribution in [-0.2, 0) is 22.6 Å². The molecule has 11 nitrogen and oxygen atoms in total. The zero-order chi connectivity index (χ0) is 34.1. The minimum atomic E-state index is -0.640. The topological polar surface area (TPSA) is 126 Å². The van der Waals surface area contributed by atoms with E-state index in [1.807, 2.05) is 48.5 Å². The van der Waals surface area contributed by atoms with E-state index in [1.54, 1.807) is 48.5 Å². The van der Waals surface area contributed by atoms with Crippen molar-refractivity contribution in [2.24, 2.45) is 5.92 Å². The van der Waals surface area contributed by atoms with Crippen LogP contribution in [0, 0.1) is 16.0 Å². The molecule has 4 unspecified atom stereocenters. The molecule has 252 valence electrons. The second-order valence-electron chi connectivity index (χ2n) is 12.9. The van der Waals surface area contributed by atoms with Gasteiger partial charge in [-0.3, -0.25) is 29.5 Å². The minimum absolute atomic E-state index is 0.0250. The predicted octanol–water partition coefficient (Wildman–Crippen LogP) is 5.50. The Morgan fingerprint density at radius 2 is 1.37 bits per heavy atom. The number of amides is 2. The number of carbonyl (C=O) groups is 2. The summed E-state index contributed by atoms with van der Waals surface area (Å²) >= 11 is 0. The minimum Gasteiger partial charge on any atom is -0.392 e. The number of piperazine rings is 1. The summed E-state index contributed by atoms with van der Waals surface area (Å²) in [6.45, 7) is 6.20. The third-order valence-corrected chi connectivity index (χ3v) is 9.83. The summed E-state index contributed by atoms with van der Waals surface area (Å²) in [6, 6.07) is 29.1. The highest BCUT2D eigenvalue weighted by Gasteiger charge is 2.40. The van der Waals surface area contributed by atoms with Gasteiger partial charge in [-0.05, 0) is 41.0 Å². The first-order valence-corrected chi connectivity index (χ1v) is 16.6. The number of nitrogens with zero attached hydrogens (tertiary/aromatic N) is 4. The molecule has 0 radical (unpaired) electrons. The number of nitro groups is 1. The van der Waals surface area contributed by atoms with Crippen LogP contribution >= 0.6 is 0 Å². The Kier molecular flexibility index (Phi) is 9.24. The van der Waals surface area contributed by atoms with Crippen molar-refractivity contribution in [3.8, 4) is 0 Å². The molecule has 0 spiro atoms. The van der Waals surface area contributed by atoms with Gasteiger partial charge in [-0.1, -0.05) is 67.6 Å². The van der Waals surface area contributed by atoms with E-state index in [-0.39, 0.29) is 53.7 Å². The van der Waals surface area contributed by atoms with Gasteiger partial charge in [0.25, 0.3) is 17.5 Å². The highest BCUT2D eigenvalue weighted by molar-refractivity contribution is 6.21. The average Bonchev–Trinajstić information content (AvgIpc) is 3.38. The molecule has 0 aliphatic carbocycles. The summed E-state index contributed by atoms with van der Waals surface area (Å²) in [7, 11) is 0. The standard InChI is InChI=1S/C38H38N4O7/c1-25-34(23-39-18-20-40(21-19-39)30-14-16-31(17-15-30)42(46)47)48-38(49-35(25)28-10-8-27(24-43)9-11-28)29-12-6-26(7-13-29)22-41-36(44)32-4-2-3-5-33(32)37(41)45/h2-17,25,34-35,38,43H,18-24H2,1H3.